The standard InChI is InChI=1S/C13H17F2NO/c14-13(15)7-6-11(16-9-13)8-12(17)10-4-2-1-3-5-10/h1-5,11-12,16-17H,6-9H2. The molecule has 0 amide bonds. The van der Waals surface area contributed by atoms with Crippen LogP contribution in [-0.4, -0.2) is 23.6 Å². The third-order valence-corrected chi connectivity index (χ3v) is 3.20. The second kappa shape index (κ2) is 5.10. The zero-order valence-corrected chi connectivity index (χ0v) is 9.57. The summed E-state index contributed by atoms with van der Waals surface area (Å²) in [6.07, 6.45) is 0.226. The summed E-state index contributed by atoms with van der Waals surface area (Å²) in [6.45, 7) is -0.279. The van der Waals surface area contributed by atoms with E-state index in [2.05, 4.69) is 5.32 Å². The van der Waals surface area contributed by atoms with Crippen LogP contribution in [0.25, 0.3) is 0 Å². The molecule has 0 aliphatic carbocycles. The molecule has 1 saturated heterocycles. The van der Waals surface area contributed by atoms with Gasteiger partial charge in [0, 0.05) is 12.5 Å². The number of aliphatic hydroxyl groups excluding tert-OH is 1. The van der Waals surface area contributed by atoms with Gasteiger partial charge in [0.2, 0.25) is 0 Å². The summed E-state index contributed by atoms with van der Waals surface area (Å²) < 4.78 is 25.8. The van der Waals surface area contributed by atoms with E-state index in [4.69, 9.17) is 0 Å². The van der Waals surface area contributed by atoms with E-state index >= 15 is 0 Å². The van der Waals surface area contributed by atoms with Gasteiger partial charge in [-0.2, -0.15) is 0 Å². The van der Waals surface area contributed by atoms with Gasteiger partial charge in [0.05, 0.1) is 12.6 Å². The molecule has 1 aromatic carbocycles. The third-order valence-electron chi connectivity index (χ3n) is 3.20. The van der Waals surface area contributed by atoms with Gasteiger partial charge in [-0.3, -0.25) is 0 Å². The predicted molar refractivity (Wildman–Crippen MR) is 62.0 cm³/mol. The van der Waals surface area contributed by atoms with Crippen LogP contribution >= 0.6 is 0 Å². The molecule has 4 heteroatoms. The molecule has 1 fully saturated rings. The van der Waals surface area contributed by atoms with E-state index in [1.165, 1.54) is 0 Å². The molecule has 0 saturated carbocycles. The van der Waals surface area contributed by atoms with Crippen LogP contribution in [0.1, 0.15) is 30.9 Å². The second-order valence-electron chi connectivity index (χ2n) is 4.63. The maximum atomic E-state index is 12.9. The van der Waals surface area contributed by atoms with Crippen molar-refractivity contribution in [3.8, 4) is 0 Å². The van der Waals surface area contributed by atoms with Crippen LogP contribution in [0.2, 0.25) is 0 Å². The quantitative estimate of drug-likeness (QED) is 0.852. The van der Waals surface area contributed by atoms with Crippen molar-refractivity contribution in [1.82, 2.24) is 5.32 Å². The maximum Gasteiger partial charge on any atom is 0.260 e. The smallest absolute Gasteiger partial charge is 0.260 e. The summed E-state index contributed by atoms with van der Waals surface area (Å²) in [4.78, 5) is 0. The average Bonchev–Trinajstić information content (AvgIpc) is 2.33. The number of rotatable bonds is 3. The number of hydrogen-bond acceptors (Lipinski definition) is 2. The number of halogens is 2. The minimum atomic E-state index is -2.59. The van der Waals surface area contributed by atoms with Crippen molar-refractivity contribution in [2.45, 2.75) is 37.3 Å². The number of alkyl halides is 2. The summed E-state index contributed by atoms with van der Waals surface area (Å²) >= 11 is 0. The van der Waals surface area contributed by atoms with Gasteiger partial charge in [0.1, 0.15) is 0 Å². The normalized spacial score (nSPS) is 25.5. The molecule has 0 radical (unpaired) electrons. The first-order chi connectivity index (χ1) is 8.07. The van der Waals surface area contributed by atoms with Crippen molar-refractivity contribution in [2.75, 3.05) is 6.54 Å². The first kappa shape index (κ1) is 12.5. The van der Waals surface area contributed by atoms with E-state index in [0.29, 0.717) is 12.8 Å². The van der Waals surface area contributed by atoms with Crippen LogP contribution in [-0.2, 0) is 0 Å². The number of aliphatic hydroxyl groups is 1. The summed E-state index contributed by atoms with van der Waals surface area (Å²) in [6, 6.07) is 9.28. The largest absolute Gasteiger partial charge is 0.388 e. The second-order valence-corrected chi connectivity index (χ2v) is 4.63. The molecule has 94 valence electrons. The van der Waals surface area contributed by atoms with Gasteiger partial charge in [0.15, 0.2) is 0 Å². The van der Waals surface area contributed by atoms with Crippen LogP contribution in [0.15, 0.2) is 30.3 Å². The van der Waals surface area contributed by atoms with Crippen molar-refractivity contribution < 1.29 is 13.9 Å². The molecule has 2 nitrogen and oxygen atoms in total. The molecule has 2 rings (SSSR count). The van der Waals surface area contributed by atoms with Gasteiger partial charge in [0.25, 0.3) is 5.92 Å². The zero-order valence-electron chi connectivity index (χ0n) is 9.57. The maximum absolute atomic E-state index is 12.9. The first-order valence-corrected chi connectivity index (χ1v) is 5.91. The van der Waals surface area contributed by atoms with Gasteiger partial charge >= 0.3 is 0 Å². The molecule has 0 aromatic heterocycles. The lowest BCUT2D eigenvalue weighted by atomic mass is 9.94. The Bertz CT molecular complexity index is 346. The van der Waals surface area contributed by atoms with Crippen molar-refractivity contribution in [1.29, 1.82) is 0 Å². The fourth-order valence-corrected chi connectivity index (χ4v) is 2.15. The van der Waals surface area contributed by atoms with E-state index < -0.39 is 12.0 Å². The average molecular weight is 241 g/mol. The molecule has 0 spiro atoms. The van der Waals surface area contributed by atoms with Crippen molar-refractivity contribution in [2.24, 2.45) is 0 Å². The van der Waals surface area contributed by atoms with E-state index in [1.54, 1.807) is 0 Å². The Kier molecular flexibility index (Phi) is 3.74. The molecule has 1 heterocycles. The zero-order chi connectivity index (χ0) is 12.3. The summed E-state index contributed by atoms with van der Waals surface area (Å²) in [5, 5.41) is 12.8. The van der Waals surface area contributed by atoms with Gasteiger partial charge in [-0.15, -0.1) is 0 Å². The highest BCUT2D eigenvalue weighted by atomic mass is 19.3. The molecule has 1 aliphatic heterocycles. The van der Waals surface area contributed by atoms with Crippen molar-refractivity contribution in [3.05, 3.63) is 35.9 Å². The third kappa shape index (κ3) is 3.48. The fraction of sp³-hybridized carbons (Fsp3) is 0.538. The van der Waals surface area contributed by atoms with E-state index in [0.717, 1.165) is 5.56 Å². The summed E-state index contributed by atoms with van der Waals surface area (Å²) in [5.41, 5.74) is 0.839. The van der Waals surface area contributed by atoms with Crippen LogP contribution in [0.5, 0.6) is 0 Å². The Morgan fingerprint density at radius 2 is 2.06 bits per heavy atom. The molecule has 17 heavy (non-hydrogen) atoms. The minimum absolute atomic E-state index is 0.0233. The molecule has 2 N–H and O–H groups in total. The van der Waals surface area contributed by atoms with Gasteiger partial charge in [-0.25, -0.2) is 8.78 Å². The highest BCUT2D eigenvalue weighted by molar-refractivity contribution is 5.17. The number of hydrogen-bond donors (Lipinski definition) is 2. The van der Waals surface area contributed by atoms with Crippen LogP contribution in [0.3, 0.4) is 0 Å². The van der Waals surface area contributed by atoms with Crippen LogP contribution in [0.4, 0.5) is 8.78 Å². The Morgan fingerprint density at radius 1 is 1.35 bits per heavy atom. The van der Waals surface area contributed by atoms with E-state index in [-0.39, 0.29) is 19.0 Å². The van der Waals surface area contributed by atoms with Crippen LogP contribution < -0.4 is 5.32 Å². The van der Waals surface area contributed by atoms with Gasteiger partial charge in [-0.05, 0) is 18.4 Å². The molecule has 2 unspecified atom stereocenters. The number of benzene rings is 1. The topological polar surface area (TPSA) is 32.3 Å². The first-order valence-electron chi connectivity index (χ1n) is 5.91. The highest BCUT2D eigenvalue weighted by Gasteiger charge is 2.35. The molecule has 0 bridgehead atoms. The SMILES string of the molecule is OC(CC1CCC(F)(F)CN1)c1ccccc1. The number of nitrogens with one attached hydrogen (secondary N) is 1. The Balaban J connectivity index is 1.86. The van der Waals surface area contributed by atoms with E-state index in [9.17, 15) is 13.9 Å². The molecule has 2 atom stereocenters. The lowest BCUT2D eigenvalue weighted by Gasteiger charge is -2.30. The van der Waals surface area contributed by atoms with E-state index in [1.807, 2.05) is 30.3 Å². The molecular weight excluding hydrogens is 224 g/mol. The summed E-state index contributed by atoms with van der Waals surface area (Å²) in [7, 11) is 0. The highest BCUT2D eigenvalue weighted by Crippen LogP contribution is 2.28. The Hall–Kier alpha value is -1.00. The predicted octanol–water partition coefficient (Wildman–Crippen LogP) is 2.50. The lowest BCUT2D eigenvalue weighted by Crippen LogP contribution is -2.45. The molecule has 1 aliphatic rings. The molecule has 1 aromatic rings. The molecular formula is C13H17F2NO. The lowest BCUT2D eigenvalue weighted by molar-refractivity contribution is -0.0342. The minimum Gasteiger partial charge on any atom is -0.388 e. The van der Waals surface area contributed by atoms with Gasteiger partial charge in [-0.1, -0.05) is 30.3 Å². The van der Waals surface area contributed by atoms with Crippen LogP contribution in [0, 0.1) is 0 Å². The van der Waals surface area contributed by atoms with Crippen molar-refractivity contribution in [3.63, 3.8) is 0 Å². The van der Waals surface area contributed by atoms with Gasteiger partial charge < -0.3 is 10.4 Å². The monoisotopic (exact) mass is 241 g/mol. The number of piperidine rings is 1. The Labute approximate surface area is 99.7 Å². The Morgan fingerprint density at radius 3 is 2.65 bits per heavy atom. The fourth-order valence-electron chi connectivity index (χ4n) is 2.15. The summed E-state index contributed by atoms with van der Waals surface area (Å²) in [5.74, 6) is -2.59. The van der Waals surface area contributed by atoms with Crippen molar-refractivity contribution >= 4 is 0 Å².